The van der Waals surface area contributed by atoms with Crippen LogP contribution in [0.5, 0.6) is 0 Å². The maximum Gasteiger partial charge on any atom is 0.243 e. The smallest absolute Gasteiger partial charge is 0.243 e. The van der Waals surface area contributed by atoms with E-state index in [1.807, 2.05) is 5.38 Å². The van der Waals surface area contributed by atoms with E-state index in [0.29, 0.717) is 18.8 Å². The van der Waals surface area contributed by atoms with E-state index < -0.39 is 15.4 Å². The second-order valence-electron chi connectivity index (χ2n) is 7.45. The molecule has 1 aromatic heterocycles. The zero-order valence-electron chi connectivity index (χ0n) is 15.2. The highest BCUT2D eigenvalue weighted by molar-refractivity contribution is 7.89. The Labute approximate surface area is 162 Å². The van der Waals surface area contributed by atoms with E-state index in [2.05, 4.69) is 15.6 Å². The Bertz CT molecular complexity index is 962. The minimum Gasteiger partial charge on any atom is -0.359 e. The lowest BCUT2D eigenvalue weighted by Crippen LogP contribution is -2.42. The summed E-state index contributed by atoms with van der Waals surface area (Å²) in [7, 11) is -3.58. The van der Waals surface area contributed by atoms with Gasteiger partial charge in [-0.2, -0.15) is 4.31 Å². The number of carbonyl (C=O) groups is 1. The van der Waals surface area contributed by atoms with Crippen LogP contribution in [-0.2, 0) is 20.2 Å². The Morgan fingerprint density at radius 2 is 2.04 bits per heavy atom. The summed E-state index contributed by atoms with van der Waals surface area (Å²) in [5, 5.41) is 8.96. The van der Waals surface area contributed by atoms with Crippen LogP contribution in [-0.4, -0.2) is 42.7 Å². The summed E-state index contributed by atoms with van der Waals surface area (Å²) in [6.07, 6.45) is 3.21. The van der Waals surface area contributed by atoms with Crippen LogP contribution in [0, 0.1) is 0 Å². The fourth-order valence-corrected chi connectivity index (χ4v) is 5.67. The molecule has 4 rings (SSSR count). The number of fused-ring (bicyclic) bond motifs is 1. The van der Waals surface area contributed by atoms with Gasteiger partial charge in [-0.05, 0) is 50.5 Å². The third kappa shape index (κ3) is 3.24. The molecule has 2 N–H and O–H groups in total. The molecule has 2 aliphatic heterocycles. The van der Waals surface area contributed by atoms with Crippen molar-refractivity contribution in [2.75, 3.05) is 23.7 Å². The Balaban J connectivity index is 1.50. The number of nitrogens with one attached hydrogen (secondary N) is 2. The Hall–Kier alpha value is -1.97. The second-order valence-corrected chi connectivity index (χ2v) is 10.3. The van der Waals surface area contributed by atoms with Gasteiger partial charge in [-0.25, -0.2) is 13.4 Å². The zero-order chi connectivity index (χ0) is 19.2. The van der Waals surface area contributed by atoms with E-state index in [1.54, 1.807) is 49.6 Å². The number of benzene rings is 1. The van der Waals surface area contributed by atoms with Crippen LogP contribution < -0.4 is 10.6 Å². The average Bonchev–Trinajstić information content (AvgIpc) is 3.22. The molecule has 2 aromatic rings. The van der Waals surface area contributed by atoms with Gasteiger partial charge in [0.25, 0.3) is 0 Å². The van der Waals surface area contributed by atoms with Crippen molar-refractivity contribution in [2.24, 2.45) is 0 Å². The summed E-state index contributed by atoms with van der Waals surface area (Å²) in [6.45, 7) is 4.53. The average molecular weight is 407 g/mol. The first-order chi connectivity index (χ1) is 12.8. The van der Waals surface area contributed by atoms with E-state index in [-0.39, 0.29) is 16.8 Å². The van der Waals surface area contributed by atoms with Gasteiger partial charge < -0.3 is 10.6 Å². The SMILES string of the molecule is CC1(C)C(=O)Nc2ccc(S(=O)(=O)N3CCC(Nc4nccs4)CC3)cc21. The van der Waals surface area contributed by atoms with E-state index in [9.17, 15) is 13.2 Å². The number of nitrogens with zero attached hydrogens (tertiary/aromatic N) is 2. The van der Waals surface area contributed by atoms with Gasteiger partial charge in [0.15, 0.2) is 5.13 Å². The highest BCUT2D eigenvalue weighted by Gasteiger charge is 2.39. The molecule has 1 saturated heterocycles. The van der Waals surface area contributed by atoms with Crippen LogP contribution in [0.15, 0.2) is 34.7 Å². The maximum absolute atomic E-state index is 13.1. The van der Waals surface area contributed by atoms with Gasteiger partial charge in [0.2, 0.25) is 15.9 Å². The number of aromatic nitrogens is 1. The van der Waals surface area contributed by atoms with Crippen LogP contribution in [0.1, 0.15) is 32.3 Å². The lowest BCUT2D eigenvalue weighted by molar-refractivity contribution is -0.119. The van der Waals surface area contributed by atoms with Gasteiger partial charge in [-0.3, -0.25) is 4.79 Å². The predicted octanol–water partition coefficient (Wildman–Crippen LogP) is 2.64. The minimum absolute atomic E-state index is 0.110. The lowest BCUT2D eigenvalue weighted by Gasteiger charge is -2.31. The van der Waals surface area contributed by atoms with Crippen molar-refractivity contribution in [3.63, 3.8) is 0 Å². The number of carbonyl (C=O) groups excluding carboxylic acids is 1. The monoisotopic (exact) mass is 406 g/mol. The number of rotatable bonds is 4. The molecule has 27 heavy (non-hydrogen) atoms. The second kappa shape index (κ2) is 6.57. The molecular formula is C18H22N4O3S2. The topological polar surface area (TPSA) is 91.4 Å². The quantitative estimate of drug-likeness (QED) is 0.814. The fourth-order valence-electron chi connectivity index (χ4n) is 3.57. The molecule has 2 aliphatic rings. The molecule has 1 aromatic carbocycles. The molecule has 0 bridgehead atoms. The molecule has 3 heterocycles. The predicted molar refractivity (Wildman–Crippen MR) is 106 cm³/mol. The van der Waals surface area contributed by atoms with E-state index in [0.717, 1.165) is 23.5 Å². The maximum atomic E-state index is 13.1. The molecule has 0 aliphatic carbocycles. The van der Waals surface area contributed by atoms with Gasteiger partial charge >= 0.3 is 0 Å². The Kier molecular flexibility index (Phi) is 4.48. The summed E-state index contributed by atoms with van der Waals surface area (Å²) < 4.78 is 27.7. The van der Waals surface area contributed by atoms with Crippen molar-refractivity contribution in [1.29, 1.82) is 0 Å². The lowest BCUT2D eigenvalue weighted by atomic mass is 9.86. The third-order valence-corrected chi connectivity index (χ3v) is 7.93. The van der Waals surface area contributed by atoms with Crippen LogP contribution in [0.4, 0.5) is 10.8 Å². The van der Waals surface area contributed by atoms with Gasteiger partial charge in [-0.15, -0.1) is 11.3 Å². The number of piperidine rings is 1. The normalized spacial score (nSPS) is 20.3. The van der Waals surface area contributed by atoms with Crippen LogP contribution in [0.3, 0.4) is 0 Å². The van der Waals surface area contributed by atoms with Crippen molar-refractivity contribution in [3.05, 3.63) is 35.3 Å². The largest absolute Gasteiger partial charge is 0.359 e. The third-order valence-electron chi connectivity index (χ3n) is 5.33. The molecule has 0 unspecified atom stereocenters. The van der Waals surface area contributed by atoms with Crippen LogP contribution in [0.2, 0.25) is 0 Å². The molecule has 9 heteroatoms. The van der Waals surface area contributed by atoms with E-state index in [1.165, 1.54) is 4.31 Å². The molecule has 0 spiro atoms. The fraction of sp³-hybridized carbons (Fsp3) is 0.444. The number of amides is 1. The van der Waals surface area contributed by atoms with Crippen LogP contribution >= 0.6 is 11.3 Å². The molecule has 1 amide bonds. The summed E-state index contributed by atoms with van der Waals surface area (Å²) >= 11 is 1.54. The van der Waals surface area contributed by atoms with Crippen molar-refractivity contribution in [1.82, 2.24) is 9.29 Å². The molecule has 1 fully saturated rings. The summed E-state index contributed by atoms with van der Waals surface area (Å²) in [6, 6.07) is 5.13. The highest BCUT2D eigenvalue weighted by Crippen LogP contribution is 2.39. The first kappa shape index (κ1) is 18.4. The number of hydrogen-bond acceptors (Lipinski definition) is 6. The van der Waals surface area contributed by atoms with Crippen molar-refractivity contribution < 1.29 is 13.2 Å². The number of hydrogen-bond donors (Lipinski definition) is 2. The number of anilines is 2. The molecular weight excluding hydrogens is 384 g/mol. The first-order valence-electron chi connectivity index (χ1n) is 8.90. The van der Waals surface area contributed by atoms with Crippen molar-refractivity contribution >= 4 is 38.1 Å². The molecule has 0 atom stereocenters. The van der Waals surface area contributed by atoms with Gasteiger partial charge in [-0.1, -0.05) is 0 Å². The van der Waals surface area contributed by atoms with E-state index in [4.69, 9.17) is 0 Å². The van der Waals surface area contributed by atoms with Gasteiger partial charge in [0.1, 0.15) is 0 Å². The minimum atomic E-state index is -3.58. The highest BCUT2D eigenvalue weighted by atomic mass is 32.2. The molecule has 0 saturated carbocycles. The van der Waals surface area contributed by atoms with Crippen molar-refractivity contribution in [2.45, 2.75) is 43.0 Å². The zero-order valence-corrected chi connectivity index (χ0v) is 16.9. The number of sulfonamides is 1. The van der Waals surface area contributed by atoms with Crippen molar-refractivity contribution in [3.8, 4) is 0 Å². The summed E-state index contributed by atoms with van der Waals surface area (Å²) in [5.74, 6) is -0.110. The van der Waals surface area contributed by atoms with E-state index >= 15 is 0 Å². The van der Waals surface area contributed by atoms with Crippen LogP contribution in [0.25, 0.3) is 0 Å². The standard InChI is InChI=1S/C18H22N4O3S2/c1-18(2)14-11-13(3-4-15(14)21-16(18)23)27(24,25)22-8-5-12(6-9-22)20-17-19-7-10-26-17/h3-4,7,10-12H,5-6,8-9H2,1-2H3,(H,19,20)(H,21,23). The molecule has 0 radical (unpaired) electrons. The molecule has 7 nitrogen and oxygen atoms in total. The number of thiazole rings is 1. The Morgan fingerprint density at radius 3 is 2.70 bits per heavy atom. The Morgan fingerprint density at radius 1 is 1.30 bits per heavy atom. The first-order valence-corrected chi connectivity index (χ1v) is 11.2. The van der Waals surface area contributed by atoms with Gasteiger partial charge in [0.05, 0.1) is 10.3 Å². The summed E-state index contributed by atoms with van der Waals surface area (Å²) in [4.78, 5) is 16.6. The summed E-state index contributed by atoms with van der Waals surface area (Å²) in [5.41, 5.74) is 0.690. The van der Waals surface area contributed by atoms with Gasteiger partial charge in [0, 0.05) is 36.4 Å². The molecule has 144 valence electrons.